The van der Waals surface area contributed by atoms with Crippen LogP contribution in [-0.4, -0.2) is 31.9 Å². The molecular formula is C12H17FN2O2S. The largest absolute Gasteiger partial charge is 0.329 e. The van der Waals surface area contributed by atoms with E-state index < -0.39 is 21.4 Å². The zero-order valence-corrected chi connectivity index (χ0v) is 11.1. The first-order valence-corrected chi connectivity index (χ1v) is 7.32. The van der Waals surface area contributed by atoms with Crippen LogP contribution in [0.15, 0.2) is 29.2 Å². The van der Waals surface area contributed by atoms with Gasteiger partial charge < -0.3 is 5.73 Å². The van der Waals surface area contributed by atoms with Crippen molar-refractivity contribution >= 4 is 10.0 Å². The Labute approximate surface area is 107 Å². The molecule has 0 radical (unpaired) electrons. The maximum atomic E-state index is 13.6. The Hall–Kier alpha value is -0.980. The maximum Gasteiger partial charge on any atom is 0.246 e. The van der Waals surface area contributed by atoms with Crippen LogP contribution in [0.5, 0.6) is 0 Å². The molecule has 4 nitrogen and oxygen atoms in total. The van der Waals surface area contributed by atoms with Crippen LogP contribution in [0.1, 0.15) is 19.3 Å². The second kappa shape index (κ2) is 4.60. The van der Waals surface area contributed by atoms with Crippen molar-refractivity contribution < 1.29 is 12.8 Å². The minimum absolute atomic E-state index is 0.261. The van der Waals surface area contributed by atoms with E-state index in [2.05, 4.69) is 0 Å². The highest BCUT2D eigenvalue weighted by molar-refractivity contribution is 7.89. The third-order valence-corrected chi connectivity index (χ3v) is 5.80. The summed E-state index contributed by atoms with van der Waals surface area (Å²) in [4.78, 5) is -0.285. The molecule has 1 aromatic rings. The van der Waals surface area contributed by atoms with E-state index in [0.717, 1.165) is 25.3 Å². The molecule has 0 aromatic heterocycles. The Morgan fingerprint density at radius 1 is 1.39 bits per heavy atom. The van der Waals surface area contributed by atoms with Gasteiger partial charge in [0, 0.05) is 19.1 Å². The predicted octanol–water partition coefficient (Wildman–Crippen LogP) is 1.33. The van der Waals surface area contributed by atoms with Gasteiger partial charge in [-0.05, 0) is 31.4 Å². The van der Waals surface area contributed by atoms with Crippen LogP contribution in [0.4, 0.5) is 4.39 Å². The summed E-state index contributed by atoms with van der Waals surface area (Å²) in [5.74, 6) is -0.726. The zero-order valence-electron chi connectivity index (χ0n) is 10.3. The molecule has 2 N–H and O–H groups in total. The number of nitrogens with two attached hydrogens (primary N) is 1. The first-order chi connectivity index (χ1) is 8.44. The number of nitrogens with zero attached hydrogens (tertiary/aromatic N) is 1. The highest BCUT2D eigenvalue weighted by Gasteiger charge is 2.45. The molecule has 0 amide bonds. The van der Waals surface area contributed by atoms with Gasteiger partial charge in [0.2, 0.25) is 10.0 Å². The molecule has 0 heterocycles. The quantitative estimate of drug-likeness (QED) is 0.899. The van der Waals surface area contributed by atoms with Crippen molar-refractivity contribution in [3.05, 3.63) is 30.1 Å². The van der Waals surface area contributed by atoms with Crippen molar-refractivity contribution in [1.82, 2.24) is 4.31 Å². The Morgan fingerprint density at radius 2 is 2.00 bits per heavy atom. The summed E-state index contributed by atoms with van der Waals surface area (Å²) in [5.41, 5.74) is 5.14. The molecule has 100 valence electrons. The lowest BCUT2D eigenvalue weighted by atomic mass is 9.77. The summed E-state index contributed by atoms with van der Waals surface area (Å²) in [7, 11) is -2.34. The van der Waals surface area contributed by atoms with E-state index in [0.29, 0.717) is 0 Å². The van der Waals surface area contributed by atoms with E-state index >= 15 is 0 Å². The molecule has 1 saturated carbocycles. The van der Waals surface area contributed by atoms with Crippen LogP contribution in [0.2, 0.25) is 0 Å². The van der Waals surface area contributed by atoms with E-state index in [1.165, 1.54) is 29.6 Å². The summed E-state index contributed by atoms with van der Waals surface area (Å²) in [5, 5.41) is 0. The molecule has 1 aliphatic rings. The SMILES string of the molecule is CN(C1(CN)CCC1)S(=O)(=O)c1ccccc1F. The summed E-state index contributed by atoms with van der Waals surface area (Å²) >= 11 is 0. The van der Waals surface area contributed by atoms with Gasteiger partial charge in [-0.3, -0.25) is 0 Å². The van der Waals surface area contributed by atoms with Crippen LogP contribution in [0.3, 0.4) is 0 Å². The van der Waals surface area contributed by atoms with Gasteiger partial charge in [0.15, 0.2) is 0 Å². The molecule has 2 rings (SSSR count). The third-order valence-electron chi connectivity index (χ3n) is 3.81. The molecular weight excluding hydrogens is 255 g/mol. The Morgan fingerprint density at radius 3 is 2.44 bits per heavy atom. The summed E-state index contributed by atoms with van der Waals surface area (Å²) in [6.07, 6.45) is 2.41. The van der Waals surface area contributed by atoms with Gasteiger partial charge in [-0.1, -0.05) is 12.1 Å². The second-order valence-electron chi connectivity index (χ2n) is 4.68. The minimum Gasteiger partial charge on any atom is -0.329 e. The predicted molar refractivity (Wildman–Crippen MR) is 67.0 cm³/mol. The fraction of sp³-hybridized carbons (Fsp3) is 0.500. The van der Waals surface area contributed by atoms with Crippen molar-refractivity contribution in [1.29, 1.82) is 0 Å². The van der Waals surface area contributed by atoms with Gasteiger partial charge in [0.1, 0.15) is 10.7 Å². The maximum absolute atomic E-state index is 13.6. The van der Waals surface area contributed by atoms with Gasteiger partial charge in [0.05, 0.1) is 0 Å². The Balaban J connectivity index is 2.40. The van der Waals surface area contributed by atoms with E-state index in [1.54, 1.807) is 0 Å². The molecule has 1 fully saturated rings. The van der Waals surface area contributed by atoms with Gasteiger partial charge >= 0.3 is 0 Å². The number of rotatable bonds is 4. The third kappa shape index (κ3) is 1.94. The molecule has 1 aromatic carbocycles. The standard InChI is InChI=1S/C12H17FN2O2S/c1-15(12(9-14)7-4-8-12)18(16,17)11-6-3-2-5-10(11)13/h2-3,5-6H,4,7-9,14H2,1H3. The Bertz CT molecular complexity index is 535. The number of likely N-dealkylation sites (N-methyl/N-ethyl adjacent to an activating group) is 1. The lowest BCUT2D eigenvalue weighted by Crippen LogP contribution is -2.58. The van der Waals surface area contributed by atoms with Crippen molar-refractivity contribution in [3.63, 3.8) is 0 Å². The van der Waals surface area contributed by atoms with Gasteiger partial charge in [-0.25, -0.2) is 12.8 Å². The molecule has 6 heteroatoms. The lowest BCUT2D eigenvalue weighted by Gasteiger charge is -2.47. The van der Waals surface area contributed by atoms with E-state index in [1.807, 2.05) is 0 Å². The van der Waals surface area contributed by atoms with Crippen molar-refractivity contribution in [2.75, 3.05) is 13.6 Å². The van der Waals surface area contributed by atoms with Crippen LogP contribution in [0.25, 0.3) is 0 Å². The number of hydrogen-bond acceptors (Lipinski definition) is 3. The molecule has 0 saturated heterocycles. The number of hydrogen-bond donors (Lipinski definition) is 1. The van der Waals surface area contributed by atoms with E-state index in [-0.39, 0.29) is 11.4 Å². The first-order valence-electron chi connectivity index (χ1n) is 5.88. The smallest absolute Gasteiger partial charge is 0.246 e. The first kappa shape index (κ1) is 13.5. The Kier molecular flexibility index (Phi) is 3.44. The second-order valence-corrected chi connectivity index (χ2v) is 6.62. The van der Waals surface area contributed by atoms with E-state index in [9.17, 15) is 12.8 Å². The van der Waals surface area contributed by atoms with E-state index in [4.69, 9.17) is 5.73 Å². The van der Waals surface area contributed by atoms with Crippen LogP contribution >= 0.6 is 0 Å². The fourth-order valence-electron chi connectivity index (χ4n) is 2.29. The molecule has 0 spiro atoms. The summed E-state index contributed by atoms with van der Waals surface area (Å²) in [6.45, 7) is 0.261. The number of sulfonamides is 1. The average molecular weight is 272 g/mol. The molecule has 0 aliphatic heterocycles. The fourth-order valence-corrected chi connectivity index (χ4v) is 3.92. The highest BCUT2D eigenvalue weighted by Crippen LogP contribution is 2.39. The summed E-state index contributed by atoms with van der Waals surface area (Å²) < 4.78 is 39.6. The van der Waals surface area contributed by atoms with Crippen LogP contribution < -0.4 is 5.73 Å². The van der Waals surface area contributed by atoms with Gasteiger partial charge in [0.25, 0.3) is 0 Å². The summed E-state index contributed by atoms with van der Waals surface area (Å²) in [6, 6.07) is 5.41. The van der Waals surface area contributed by atoms with Crippen LogP contribution in [0, 0.1) is 5.82 Å². The molecule has 0 unspecified atom stereocenters. The molecule has 1 aliphatic carbocycles. The number of halogens is 1. The molecule has 0 atom stereocenters. The van der Waals surface area contributed by atoms with Crippen molar-refractivity contribution in [2.24, 2.45) is 5.73 Å². The zero-order chi connectivity index (χ0) is 13.4. The van der Waals surface area contributed by atoms with Crippen molar-refractivity contribution in [3.8, 4) is 0 Å². The average Bonchev–Trinajstić information content (AvgIpc) is 2.28. The van der Waals surface area contributed by atoms with Crippen LogP contribution in [-0.2, 0) is 10.0 Å². The molecule has 0 bridgehead atoms. The van der Waals surface area contributed by atoms with Gasteiger partial charge in [-0.2, -0.15) is 4.31 Å². The topological polar surface area (TPSA) is 63.4 Å². The monoisotopic (exact) mass is 272 g/mol. The molecule has 18 heavy (non-hydrogen) atoms. The lowest BCUT2D eigenvalue weighted by molar-refractivity contribution is 0.116. The van der Waals surface area contributed by atoms with Gasteiger partial charge in [-0.15, -0.1) is 0 Å². The highest BCUT2D eigenvalue weighted by atomic mass is 32.2. The van der Waals surface area contributed by atoms with Crippen molar-refractivity contribution in [2.45, 2.75) is 29.7 Å². The minimum atomic E-state index is -3.82. The number of benzene rings is 1. The normalized spacial score (nSPS) is 18.7.